The molecular formula is C20H17N3O2. The highest BCUT2D eigenvalue weighted by Crippen LogP contribution is 2.34. The van der Waals surface area contributed by atoms with Gasteiger partial charge in [0.25, 0.3) is 0 Å². The highest BCUT2D eigenvalue weighted by atomic mass is 16.5. The molecule has 2 heterocycles. The second-order valence-corrected chi connectivity index (χ2v) is 6.66. The van der Waals surface area contributed by atoms with Crippen molar-refractivity contribution in [1.29, 1.82) is 5.26 Å². The number of allylic oxidation sites excluding steroid dienone is 2. The number of cyclic esters (lactones) is 1. The molecule has 0 fully saturated rings. The van der Waals surface area contributed by atoms with E-state index in [1.165, 1.54) is 6.20 Å². The van der Waals surface area contributed by atoms with Crippen molar-refractivity contribution < 1.29 is 9.53 Å². The van der Waals surface area contributed by atoms with Gasteiger partial charge in [-0.25, -0.2) is 14.8 Å². The van der Waals surface area contributed by atoms with Gasteiger partial charge < -0.3 is 4.74 Å². The lowest BCUT2D eigenvalue weighted by Crippen LogP contribution is -2.13. The molecule has 0 atom stereocenters. The van der Waals surface area contributed by atoms with Gasteiger partial charge in [-0.15, -0.1) is 0 Å². The Balaban J connectivity index is 2.22. The summed E-state index contributed by atoms with van der Waals surface area (Å²) in [6.45, 7) is 5.90. The van der Waals surface area contributed by atoms with Crippen LogP contribution < -0.4 is 0 Å². The number of carbonyl (C=O) groups excluding carboxylic acids is 1. The van der Waals surface area contributed by atoms with Crippen molar-refractivity contribution in [3.63, 3.8) is 0 Å². The Kier molecular flexibility index (Phi) is 4.20. The molecule has 1 aromatic carbocycles. The Morgan fingerprint density at radius 3 is 2.52 bits per heavy atom. The third-order valence-electron chi connectivity index (χ3n) is 3.76. The molecule has 1 aromatic heterocycles. The maximum Gasteiger partial charge on any atom is 0.364 e. The van der Waals surface area contributed by atoms with E-state index in [2.05, 4.69) is 16.0 Å². The summed E-state index contributed by atoms with van der Waals surface area (Å²) in [6, 6.07) is 15.1. The number of carbonyl (C=O) groups is 1. The maximum atomic E-state index is 12.0. The number of ether oxygens (including phenoxy) is 1. The molecule has 0 saturated carbocycles. The van der Waals surface area contributed by atoms with Gasteiger partial charge in [0.15, 0.2) is 5.69 Å². The lowest BCUT2D eigenvalue weighted by Gasteiger charge is -2.21. The number of aliphatic imine (C=N–C) groups is 1. The summed E-state index contributed by atoms with van der Waals surface area (Å²) < 4.78 is 5.29. The average molecular weight is 331 g/mol. The van der Waals surface area contributed by atoms with Crippen LogP contribution in [-0.2, 0) is 4.74 Å². The molecule has 1 aliphatic rings. The van der Waals surface area contributed by atoms with Gasteiger partial charge in [0.1, 0.15) is 6.07 Å². The van der Waals surface area contributed by atoms with Crippen LogP contribution in [0.15, 0.2) is 59.4 Å². The van der Waals surface area contributed by atoms with Crippen LogP contribution >= 0.6 is 0 Å². The highest BCUT2D eigenvalue weighted by molar-refractivity contribution is 6.16. The summed E-state index contributed by atoms with van der Waals surface area (Å²) in [5.74, 6) is -0.345. The van der Waals surface area contributed by atoms with Crippen molar-refractivity contribution in [3.8, 4) is 6.07 Å². The Morgan fingerprint density at radius 2 is 1.88 bits per heavy atom. The van der Waals surface area contributed by atoms with Crippen LogP contribution in [0.3, 0.4) is 0 Å². The number of hydrogen-bond acceptors (Lipinski definition) is 5. The minimum atomic E-state index is -0.527. The molecule has 0 bridgehead atoms. The van der Waals surface area contributed by atoms with Gasteiger partial charge in [-0.1, -0.05) is 51.1 Å². The third kappa shape index (κ3) is 3.20. The van der Waals surface area contributed by atoms with E-state index in [0.717, 1.165) is 5.56 Å². The predicted molar refractivity (Wildman–Crippen MR) is 94.6 cm³/mol. The van der Waals surface area contributed by atoms with Gasteiger partial charge in [0.05, 0.1) is 16.8 Å². The summed E-state index contributed by atoms with van der Waals surface area (Å²) in [5.41, 5.74) is 2.14. The molecule has 0 spiro atoms. The molecule has 1 aliphatic heterocycles. The average Bonchev–Trinajstić information content (AvgIpc) is 2.91. The molecule has 5 heteroatoms. The molecule has 3 rings (SSSR count). The first-order valence-electron chi connectivity index (χ1n) is 7.88. The molecule has 0 N–H and O–H groups in total. The summed E-state index contributed by atoms with van der Waals surface area (Å²) in [7, 11) is 0. The fourth-order valence-corrected chi connectivity index (χ4v) is 2.57. The van der Waals surface area contributed by atoms with E-state index in [4.69, 9.17) is 4.74 Å². The number of hydrogen-bond donors (Lipinski definition) is 0. The lowest BCUT2D eigenvalue weighted by atomic mass is 9.87. The molecule has 0 radical (unpaired) electrons. The zero-order valence-corrected chi connectivity index (χ0v) is 14.3. The smallest absolute Gasteiger partial charge is 0.364 e. The normalized spacial score (nSPS) is 16.1. The maximum absolute atomic E-state index is 12.0. The molecule has 0 saturated heterocycles. The first-order valence-corrected chi connectivity index (χ1v) is 7.88. The molecule has 2 aromatic rings. The highest BCUT2D eigenvalue weighted by Gasteiger charge is 2.31. The Morgan fingerprint density at radius 1 is 1.16 bits per heavy atom. The van der Waals surface area contributed by atoms with Crippen LogP contribution in [0.25, 0.3) is 5.57 Å². The van der Waals surface area contributed by atoms with Crippen LogP contribution in [0.2, 0.25) is 0 Å². The van der Waals surface area contributed by atoms with Crippen LogP contribution in [-0.4, -0.2) is 16.9 Å². The van der Waals surface area contributed by atoms with E-state index in [1.807, 2.05) is 51.1 Å². The number of fused-ring (bicyclic) bond motifs is 1. The second-order valence-electron chi connectivity index (χ2n) is 6.66. The first kappa shape index (κ1) is 16.6. The summed E-state index contributed by atoms with van der Waals surface area (Å²) >= 11 is 0. The molecular weight excluding hydrogens is 314 g/mol. The zero-order chi connectivity index (χ0) is 18.0. The molecule has 0 aliphatic carbocycles. The predicted octanol–water partition coefficient (Wildman–Crippen LogP) is 3.98. The van der Waals surface area contributed by atoms with E-state index in [0.29, 0.717) is 16.8 Å². The zero-order valence-electron chi connectivity index (χ0n) is 14.3. The van der Waals surface area contributed by atoms with Gasteiger partial charge in [-0.3, -0.25) is 0 Å². The Labute approximate surface area is 146 Å². The van der Waals surface area contributed by atoms with Crippen molar-refractivity contribution in [3.05, 3.63) is 71.2 Å². The number of esters is 1. The molecule has 0 amide bonds. The SMILES string of the molecule is CC(C)(C)C(N=C1OC(=O)c2ncccc21)=C(C#N)c1ccccc1. The number of benzene rings is 1. The van der Waals surface area contributed by atoms with Crippen LogP contribution in [0.5, 0.6) is 0 Å². The number of aromatic nitrogens is 1. The Hall–Kier alpha value is -3.26. The fraction of sp³-hybridized carbons (Fsp3) is 0.200. The van der Waals surface area contributed by atoms with Gasteiger partial charge in [-0.2, -0.15) is 5.26 Å². The van der Waals surface area contributed by atoms with Crippen molar-refractivity contribution >= 4 is 17.4 Å². The van der Waals surface area contributed by atoms with E-state index in [9.17, 15) is 10.1 Å². The van der Waals surface area contributed by atoms with E-state index in [-0.39, 0.29) is 11.6 Å². The van der Waals surface area contributed by atoms with Gasteiger partial charge >= 0.3 is 5.97 Å². The standard InChI is InChI=1S/C20H17N3O2/c1-20(2,3)17(15(12-21)13-8-5-4-6-9-13)23-18-14-10-7-11-22-16(14)19(24)25-18/h4-11H,1-3H3. The topological polar surface area (TPSA) is 75.3 Å². The third-order valence-corrected chi connectivity index (χ3v) is 3.76. The van der Waals surface area contributed by atoms with E-state index < -0.39 is 11.4 Å². The number of nitriles is 1. The largest absolute Gasteiger partial charge is 0.402 e. The summed E-state index contributed by atoms with van der Waals surface area (Å²) in [4.78, 5) is 20.6. The number of rotatable bonds is 2. The van der Waals surface area contributed by atoms with Crippen molar-refractivity contribution in [1.82, 2.24) is 4.98 Å². The minimum Gasteiger partial charge on any atom is -0.402 e. The van der Waals surface area contributed by atoms with Crippen LogP contribution in [0.4, 0.5) is 0 Å². The molecule has 124 valence electrons. The number of pyridine rings is 1. The van der Waals surface area contributed by atoms with Crippen molar-refractivity contribution in [2.45, 2.75) is 20.8 Å². The molecule has 25 heavy (non-hydrogen) atoms. The lowest BCUT2D eigenvalue weighted by molar-refractivity contribution is 0.0731. The quantitative estimate of drug-likeness (QED) is 0.616. The second kappa shape index (κ2) is 6.33. The fourth-order valence-electron chi connectivity index (χ4n) is 2.57. The molecule has 5 nitrogen and oxygen atoms in total. The van der Waals surface area contributed by atoms with Gasteiger partial charge in [0.2, 0.25) is 5.90 Å². The minimum absolute atomic E-state index is 0.182. The Bertz CT molecular complexity index is 929. The monoisotopic (exact) mass is 331 g/mol. The van der Waals surface area contributed by atoms with E-state index in [1.54, 1.807) is 12.1 Å². The van der Waals surface area contributed by atoms with Crippen molar-refractivity contribution in [2.24, 2.45) is 10.4 Å². The van der Waals surface area contributed by atoms with Gasteiger partial charge in [0, 0.05) is 11.6 Å². The van der Waals surface area contributed by atoms with Crippen molar-refractivity contribution in [2.75, 3.05) is 0 Å². The summed E-state index contributed by atoms with van der Waals surface area (Å²) in [6.07, 6.45) is 1.54. The first-order chi connectivity index (χ1) is 11.9. The van der Waals surface area contributed by atoms with E-state index >= 15 is 0 Å². The van der Waals surface area contributed by atoms with Crippen LogP contribution in [0, 0.1) is 16.7 Å². The van der Waals surface area contributed by atoms with Gasteiger partial charge in [-0.05, 0) is 17.7 Å². The number of nitrogens with zero attached hydrogens (tertiary/aromatic N) is 3. The molecule has 0 unspecified atom stereocenters. The summed E-state index contributed by atoms with van der Waals surface area (Å²) in [5, 5.41) is 9.74. The van der Waals surface area contributed by atoms with Crippen LogP contribution in [0.1, 0.15) is 42.4 Å².